The Kier molecular flexibility index (Phi) is 6.61. The zero-order valence-electron chi connectivity index (χ0n) is 16.0. The molecule has 150 valence electrons. The fourth-order valence-corrected chi connectivity index (χ4v) is 4.19. The van der Waals surface area contributed by atoms with Gasteiger partial charge in [0.2, 0.25) is 0 Å². The highest BCUT2D eigenvalue weighted by Gasteiger charge is 2.13. The van der Waals surface area contributed by atoms with Crippen LogP contribution >= 0.6 is 27.7 Å². The third-order valence-electron chi connectivity index (χ3n) is 4.43. The van der Waals surface area contributed by atoms with Crippen molar-refractivity contribution in [2.75, 3.05) is 5.75 Å². The maximum Gasteiger partial charge on any atom is 0.250 e. The maximum atomic E-state index is 12.3. The predicted molar refractivity (Wildman–Crippen MR) is 126 cm³/mol. The van der Waals surface area contributed by atoms with Crippen molar-refractivity contribution in [3.05, 3.63) is 94.5 Å². The summed E-state index contributed by atoms with van der Waals surface area (Å²) < 4.78 is 3.07. The fourth-order valence-electron chi connectivity index (χ4n) is 3.00. The van der Waals surface area contributed by atoms with Crippen LogP contribution in [0.2, 0.25) is 0 Å². The highest BCUT2D eigenvalue weighted by atomic mass is 79.9. The third kappa shape index (κ3) is 4.98. The molecule has 4 aromatic rings. The zero-order valence-corrected chi connectivity index (χ0v) is 18.4. The van der Waals surface area contributed by atoms with Gasteiger partial charge in [0.1, 0.15) is 0 Å². The van der Waals surface area contributed by atoms with Gasteiger partial charge in [-0.2, -0.15) is 5.10 Å². The lowest BCUT2D eigenvalue weighted by Crippen LogP contribution is -2.20. The van der Waals surface area contributed by atoms with E-state index in [1.807, 2.05) is 60.7 Å². The Labute approximate surface area is 187 Å². The first-order chi connectivity index (χ1) is 14.7. The lowest BCUT2D eigenvalue weighted by molar-refractivity contribution is -0.118. The van der Waals surface area contributed by atoms with Crippen LogP contribution in [0.5, 0.6) is 0 Å². The van der Waals surface area contributed by atoms with Crippen molar-refractivity contribution in [3.8, 4) is 0 Å². The summed E-state index contributed by atoms with van der Waals surface area (Å²) in [6.45, 7) is 0.700. The topological polar surface area (TPSA) is 59.3 Å². The molecule has 1 N–H and O–H groups in total. The molecule has 0 aliphatic rings. The molecule has 1 aromatic heterocycles. The first kappa shape index (κ1) is 20.4. The maximum absolute atomic E-state index is 12.3. The molecule has 0 atom stereocenters. The second-order valence-corrected chi connectivity index (χ2v) is 8.36. The van der Waals surface area contributed by atoms with Gasteiger partial charge in [-0.1, -0.05) is 88.4 Å². The van der Waals surface area contributed by atoms with Gasteiger partial charge in [-0.25, -0.2) is 10.4 Å². The van der Waals surface area contributed by atoms with Crippen molar-refractivity contribution in [3.63, 3.8) is 0 Å². The number of fused-ring (bicyclic) bond motifs is 1. The molecule has 0 aliphatic carbocycles. The lowest BCUT2D eigenvalue weighted by atomic mass is 10.2. The minimum Gasteiger partial charge on any atom is -0.314 e. The van der Waals surface area contributed by atoms with Gasteiger partial charge in [0.15, 0.2) is 5.16 Å². The molecule has 7 heteroatoms. The van der Waals surface area contributed by atoms with Gasteiger partial charge in [-0.05, 0) is 23.8 Å². The molecule has 0 aliphatic heterocycles. The normalized spacial score (nSPS) is 11.2. The molecule has 5 nitrogen and oxygen atoms in total. The summed E-state index contributed by atoms with van der Waals surface area (Å²) in [6.07, 6.45) is 1.62. The highest BCUT2D eigenvalue weighted by Crippen LogP contribution is 2.25. The van der Waals surface area contributed by atoms with Crippen LogP contribution in [-0.4, -0.2) is 27.4 Å². The Morgan fingerprint density at radius 3 is 2.60 bits per heavy atom. The van der Waals surface area contributed by atoms with Gasteiger partial charge >= 0.3 is 0 Å². The van der Waals surface area contributed by atoms with E-state index in [4.69, 9.17) is 4.98 Å². The van der Waals surface area contributed by atoms with Crippen molar-refractivity contribution >= 4 is 50.8 Å². The molecule has 3 aromatic carbocycles. The molecule has 0 saturated heterocycles. The molecule has 30 heavy (non-hydrogen) atoms. The number of nitrogens with one attached hydrogen (secondary N) is 1. The van der Waals surface area contributed by atoms with Crippen LogP contribution in [0.25, 0.3) is 11.0 Å². The van der Waals surface area contributed by atoms with Gasteiger partial charge in [-0.15, -0.1) is 0 Å². The number of nitrogens with zero attached hydrogens (tertiary/aromatic N) is 3. The van der Waals surface area contributed by atoms with Gasteiger partial charge in [-0.3, -0.25) is 4.79 Å². The molecule has 0 saturated carbocycles. The number of carbonyl (C=O) groups excluding carboxylic acids is 1. The summed E-state index contributed by atoms with van der Waals surface area (Å²) in [4.78, 5) is 17.0. The molecule has 1 heterocycles. The Hall–Kier alpha value is -2.90. The number of benzene rings is 3. The van der Waals surface area contributed by atoms with Crippen molar-refractivity contribution < 1.29 is 4.79 Å². The Morgan fingerprint density at radius 1 is 1.03 bits per heavy atom. The zero-order chi connectivity index (χ0) is 20.8. The van der Waals surface area contributed by atoms with Crippen molar-refractivity contribution in [1.29, 1.82) is 0 Å². The van der Waals surface area contributed by atoms with Crippen LogP contribution < -0.4 is 5.43 Å². The van der Waals surface area contributed by atoms with Crippen LogP contribution in [0.3, 0.4) is 0 Å². The first-order valence-electron chi connectivity index (χ1n) is 9.39. The van der Waals surface area contributed by atoms with Crippen LogP contribution in [0, 0.1) is 0 Å². The number of para-hydroxylation sites is 2. The molecule has 4 rings (SSSR count). The van der Waals surface area contributed by atoms with E-state index >= 15 is 0 Å². The predicted octanol–water partition coefficient (Wildman–Crippen LogP) is 5.09. The molecule has 0 spiro atoms. The largest absolute Gasteiger partial charge is 0.314 e. The average Bonchev–Trinajstić information content (AvgIpc) is 3.12. The number of halogens is 1. The number of hydrogen-bond donors (Lipinski definition) is 1. The van der Waals surface area contributed by atoms with Crippen LogP contribution in [-0.2, 0) is 11.3 Å². The van der Waals surface area contributed by atoms with Gasteiger partial charge < -0.3 is 4.57 Å². The number of imidazole rings is 1. The summed E-state index contributed by atoms with van der Waals surface area (Å²) in [7, 11) is 0. The van der Waals surface area contributed by atoms with Crippen molar-refractivity contribution in [2.24, 2.45) is 5.10 Å². The SMILES string of the molecule is O=C(CSc1nc2ccccc2n1Cc1ccccc1)N/N=C/c1ccccc1Br. The molecule has 0 unspecified atom stereocenters. The summed E-state index contributed by atoms with van der Waals surface area (Å²) in [5.74, 6) is 0.0485. The van der Waals surface area contributed by atoms with E-state index < -0.39 is 0 Å². The number of thioether (sulfide) groups is 1. The molecule has 0 bridgehead atoms. The fraction of sp³-hybridized carbons (Fsp3) is 0.0870. The quantitative estimate of drug-likeness (QED) is 0.228. The summed E-state index contributed by atoms with van der Waals surface area (Å²) in [6, 6.07) is 25.9. The number of hydrogen-bond acceptors (Lipinski definition) is 4. The summed E-state index contributed by atoms with van der Waals surface area (Å²) in [5.41, 5.74) is 6.64. The second-order valence-electron chi connectivity index (χ2n) is 6.56. The van der Waals surface area contributed by atoms with Gasteiger partial charge in [0.05, 0.1) is 29.5 Å². The second kappa shape index (κ2) is 9.73. The van der Waals surface area contributed by atoms with Crippen LogP contribution in [0.15, 0.2) is 93.6 Å². The van der Waals surface area contributed by atoms with Gasteiger partial charge in [0, 0.05) is 10.0 Å². The monoisotopic (exact) mass is 478 g/mol. The van der Waals surface area contributed by atoms with E-state index in [-0.39, 0.29) is 11.7 Å². The summed E-state index contributed by atoms with van der Waals surface area (Å²) >= 11 is 4.86. The van der Waals surface area contributed by atoms with Crippen molar-refractivity contribution in [2.45, 2.75) is 11.7 Å². The first-order valence-corrected chi connectivity index (χ1v) is 11.2. The molecule has 0 radical (unpaired) electrons. The Balaban J connectivity index is 1.45. The average molecular weight is 479 g/mol. The van der Waals surface area contributed by atoms with Crippen molar-refractivity contribution in [1.82, 2.24) is 15.0 Å². The smallest absolute Gasteiger partial charge is 0.250 e. The molecule has 0 fully saturated rings. The number of carbonyl (C=O) groups is 1. The summed E-state index contributed by atoms with van der Waals surface area (Å²) in [5, 5.41) is 4.86. The van der Waals surface area contributed by atoms with Crippen LogP contribution in [0.1, 0.15) is 11.1 Å². The minimum absolute atomic E-state index is 0.179. The standard InChI is InChI=1S/C23H19BrN4OS/c24-19-11-5-4-10-18(19)14-25-27-22(29)16-30-23-26-20-12-6-7-13-21(20)28(23)15-17-8-2-1-3-9-17/h1-14H,15-16H2,(H,27,29)/b25-14+. The molecular formula is C23H19BrN4OS. The lowest BCUT2D eigenvalue weighted by Gasteiger charge is -2.09. The van der Waals surface area contributed by atoms with E-state index in [0.29, 0.717) is 6.54 Å². The third-order valence-corrected chi connectivity index (χ3v) is 6.13. The van der Waals surface area contributed by atoms with E-state index in [1.165, 1.54) is 17.3 Å². The van der Waals surface area contributed by atoms with E-state index in [0.717, 1.165) is 26.2 Å². The van der Waals surface area contributed by atoms with E-state index in [1.54, 1.807) is 6.21 Å². The van der Waals surface area contributed by atoms with Gasteiger partial charge in [0.25, 0.3) is 5.91 Å². The van der Waals surface area contributed by atoms with Crippen LogP contribution in [0.4, 0.5) is 0 Å². The Morgan fingerprint density at radius 2 is 1.77 bits per heavy atom. The van der Waals surface area contributed by atoms with E-state index in [2.05, 4.69) is 49.2 Å². The number of hydrazone groups is 1. The Bertz CT molecular complexity index is 1190. The number of rotatable bonds is 7. The molecular weight excluding hydrogens is 460 g/mol. The number of aromatic nitrogens is 2. The highest BCUT2D eigenvalue weighted by molar-refractivity contribution is 9.10. The molecule has 1 amide bonds. The van der Waals surface area contributed by atoms with E-state index in [9.17, 15) is 4.79 Å². The number of amides is 1. The minimum atomic E-state index is -0.179.